The summed E-state index contributed by atoms with van der Waals surface area (Å²) >= 11 is 5.83. The van der Waals surface area contributed by atoms with Crippen molar-refractivity contribution in [3.8, 4) is 0 Å². The van der Waals surface area contributed by atoms with Gasteiger partial charge in [-0.25, -0.2) is 4.39 Å². The van der Waals surface area contributed by atoms with E-state index in [2.05, 4.69) is 0 Å². The molecule has 17 heavy (non-hydrogen) atoms. The average molecular weight is 269 g/mol. The molecular weight excluding hydrogens is 259 g/mol. The van der Waals surface area contributed by atoms with Crippen molar-refractivity contribution in [2.75, 3.05) is 0 Å². The van der Waals surface area contributed by atoms with Gasteiger partial charge in [-0.05, 0) is 29.8 Å². The van der Waals surface area contributed by atoms with E-state index < -0.39 is 16.6 Å². The molecule has 4 heteroatoms. The van der Waals surface area contributed by atoms with E-state index in [9.17, 15) is 8.60 Å². The second-order valence-corrected chi connectivity index (χ2v) is 5.41. The van der Waals surface area contributed by atoms with Gasteiger partial charge in [0.05, 0.1) is 21.4 Å². The number of hydrogen-bond donors (Lipinski definition) is 0. The van der Waals surface area contributed by atoms with Crippen LogP contribution in [-0.2, 0) is 16.6 Å². The highest BCUT2D eigenvalue weighted by Crippen LogP contribution is 2.17. The zero-order valence-corrected chi connectivity index (χ0v) is 10.5. The standard InChI is InChI=1S/C13H10ClFOS/c14-11-5-3-4-10(8-11)9-17(16)13-7-2-1-6-12(13)15/h1-8H,9H2. The molecule has 0 spiro atoms. The third kappa shape index (κ3) is 3.14. The summed E-state index contributed by atoms with van der Waals surface area (Å²) in [5.74, 6) is -0.172. The summed E-state index contributed by atoms with van der Waals surface area (Å²) in [5, 5.41) is 0.591. The molecule has 0 fully saturated rings. The molecule has 0 aliphatic heterocycles. The number of halogens is 2. The number of benzene rings is 2. The highest BCUT2D eigenvalue weighted by molar-refractivity contribution is 7.84. The van der Waals surface area contributed by atoms with Crippen LogP contribution in [0.2, 0.25) is 5.02 Å². The lowest BCUT2D eigenvalue weighted by Crippen LogP contribution is -1.99. The third-order valence-electron chi connectivity index (χ3n) is 2.27. The fourth-order valence-corrected chi connectivity index (χ4v) is 2.85. The summed E-state index contributed by atoms with van der Waals surface area (Å²) in [6, 6.07) is 13.2. The van der Waals surface area contributed by atoms with E-state index in [1.807, 2.05) is 6.07 Å². The van der Waals surface area contributed by atoms with E-state index in [-0.39, 0.29) is 10.6 Å². The first kappa shape index (κ1) is 12.3. The summed E-state index contributed by atoms with van der Waals surface area (Å²) in [5.41, 5.74) is 0.832. The molecule has 1 nitrogen and oxygen atoms in total. The van der Waals surface area contributed by atoms with Crippen molar-refractivity contribution < 1.29 is 8.60 Å². The fourth-order valence-electron chi connectivity index (χ4n) is 1.49. The van der Waals surface area contributed by atoms with E-state index in [0.29, 0.717) is 5.02 Å². The lowest BCUT2D eigenvalue weighted by atomic mass is 10.2. The normalized spacial score (nSPS) is 12.4. The van der Waals surface area contributed by atoms with Crippen LogP contribution in [-0.4, -0.2) is 4.21 Å². The van der Waals surface area contributed by atoms with Crippen LogP contribution in [0.15, 0.2) is 53.4 Å². The Balaban J connectivity index is 2.20. The van der Waals surface area contributed by atoms with Gasteiger partial charge in [0.1, 0.15) is 5.82 Å². The van der Waals surface area contributed by atoms with E-state index in [1.165, 1.54) is 12.1 Å². The van der Waals surface area contributed by atoms with Crippen LogP contribution < -0.4 is 0 Å². The molecule has 0 amide bonds. The second-order valence-electron chi connectivity index (χ2n) is 3.55. The monoisotopic (exact) mass is 268 g/mol. The van der Waals surface area contributed by atoms with E-state index in [0.717, 1.165) is 5.56 Å². The molecule has 2 rings (SSSR count). The summed E-state index contributed by atoms with van der Waals surface area (Å²) in [7, 11) is -1.39. The van der Waals surface area contributed by atoms with Crippen molar-refractivity contribution in [2.45, 2.75) is 10.6 Å². The van der Waals surface area contributed by atoms with Crippen LogP contribution in [0.3, 0.4) is 0 Å². The maximum absolute atomic E-state index is 13.4. The van der Waals surface area contributed by atoms with Crippen LogP contribution in [0.25, 0.3) is 0 Å². The highest BCUT2D eigenvalue weighted by Gasteiger charge is 2.09. The Morgan fingerprint density at radius 1 is 1.12 bits per heavy atom. The van der Waals surface area contributed by atoms with E-state index in [1.54, 1.807) is 30.3 Å². The molecule has 0 N–H and O–H groups in total. The lowest BCUT2D eigenvalue weighted by Gasteiger charge is -2.04. The number of hydrogen-bond acceptors (Lipinski definition) is 1. The molecular formula is C13H10ClFOS. The Hall–Kier alpha value is -1.19. The SMILES string of the molecule is O=S(Cc1cccc(Cl)c1)c1ccccc1F. The van der Waals surface area contributed by atoms with Crippen LogP contribution in [0.4, 0.5) is 4.39 Å². The molecule has 2 aromatic carbocycles. The van der Waals surface area contributed by atoms with Gasteiger partial charge < -0.3 is 0 Å². The molecule has 1 unspecified atom stereocenters. The van der Waals surface area contributed by atoms with Crippen LogP contribution in [0, 0.1) is 5.82 Å². The van der Waals surface area contributed by atoms with Crippen molar-refractivity contribution >= 4 is 22.4 Å². The molecule has 0 heterocycles. The van der Waals surface area contributed by atoms with Crippen LogP contribution in [0.1, 0.15) is 5.56 Å². The minimum Gasteiger partial charge on any atom is -0.254 e. The molecule has 0 aliphatic carbocycles. The van der Waals surface area contributed by atoms with Gasteiger partial charge in [0.2, 0.25) is 0 Å². The maximum atomic E-state index is 13.4. The van der Waals surface area contributed by atoms with Crippen molar-refractivity contribution in [3.63, 3.8) is 0 Å². The Bertz CT molecular complexity index is 557. The first-order valence-corrected chi connectivity index (χ1v) is 6.74. The highest BCUT2D eigenvalue weighted by atomic mass is 35.5. The topological polar surface area (TPSA) is 17.1 Å². The smallest absolute Gasteiger partial charge is 0.139 e. The molecule has 0 saturated heterocycles. The first-order chi connectivity index (χ1) is 8.16. The van der Waals surface area contributed by atoms with Gasteiger partial charge in [0.25, 0.3) is 0 Å². The summed E-state index contributed by atoms with van der Waals surface area (Å²) in [4.78, 5) is 0.229. The molecule has 88 valence electrons. The zero-order chi connectivity index (χ0) is 12.3. The van der Waals surface area contributed by atoms with Gasteiger partial charge in [-0.1, -0.05) is 35.9 Å². The van der Waals surface area contributed by atoms with Gasteiger partial charge in [0.15, 0.2) is 0 Å². The van der Waals surface area contributed by atoms with Crippen molar-refractivity contribution in [1.29, 1.82) is 0 Å². The summed E-state index contributed by atoms with van der Waals surface area (Å²) in [6.45, 7) is 0. The molecule has 0 bridgehead atoms. The van der Waals surface area contributed by atoms with Crippen LogP contribution in [0.5, 0.6) is 0 Å². The molecule has 0 aromatic heterocycles. The summed E-state index contributed by atoms with van der Waals surface area (Å²) in [6.07, 6.45) is 0. The van der Waals surface area contributed by atoms with E-state index >= 15 is 0 Å². The van der Waals surface area contributed by atoms with Gasteiger partial charge in [-0.3, -0.25) is 4.21 Å². The fraction of sp³-hybridized carbons (Fsp3) is 0.0769. The Labute approximate surface area is 107 Å². The quantitative estimate of drug-likeness (QED) is 0.828. The van der Waals surface area contributed by atoms with Gasteiger partial charge in [0, 0.05) is 5.02 Å². The van der Waals surface area contributed by atoms with Gasteiger partial charge in [-0.15, -0.1) is 0 Å². The molecule has 0 radical (unpaired) electrons. The Morgan fingerprint density at radius 3 is 2.59 bits per heavy atom. The lowest BCUT2D eigenvalue weighted by molar-refractivity contribution is 0.595. The van der Waals surface area contributed by atoms with Gasteiger partial charge >= 0.3 is 0 Å². The predicted octanol–water partition coefficient (Wildman–Crippen LogP) is 3.79. The Morgan fingerprint density at radius 2 is 1.88 bits per heavy atom. The van der Waals surface area contributed by atoms with E-state index in [4.69, 9.17) is 11.6 Å². The third-order valence-corrected chi connectivity index (χ3v) is 3.92. The number of rotatable bonds is 3. The minimum atomic E-state index is -1.39. The summed E-state index contributed by atoms with van der Waals surface area (Å²) < 4.78 is 25.4. The Kier molecular flexibility index (Phi) is 3.92. The molecule has 1 atom stereocenters. The second kappa shape index (κ2) is 5.43. The maximum Gasteiger partial charge on any atom is 0.139 e. The largest absolute Gasteiger partial charge is 0.254 e. The molecule has 0 aliphatic rings. The molecule has 2 aromatic rings. The van der Waals surface area contributed by atoms with Gasteiger partial charge in [-0.2, -0.15) is 0 Å². The van der Waals surface area contributed by atoms with Crippen molar-refractivity contribution in [1.82, 2.24) is 0 Å². The van der Waals surface area contributed by atoms with Crippen molar-refractivity contribution in [2.24, 2.45) is 0 Å². The van der Waals surface area contributed by atoms with Crippen molar-refractivity contribution in [3.05, 3.63) is 64.9 Å². The minimum absolute atomic E-state index is 0.229. The average Bonchev–Trinajstić information content (AvgIpc) is 2.29. The zero-order valence-electron chi connectivity index (χ0n) is 8.90. The molecule has 0 saturated carbocycles. The first-order valence-electron chi connectivity index (χ1n) is 5.04. The van der Waals surface area contributed by atoms with Crippen LogP contribution >= 0.6 is 11.6 Å². The predicted molar refractivity (Wildman–Crippen MR) is 68.0 cm³/mol.